The number of aromatic nitrogens is 1. The molecule has 78 valence electrons. The van der Waals surface area contributed by atoms with Crippen molar-refractivity contribution in [2.24, 2.45) is 0 Å². The molecule has 2 heterocycles. The normalized spacial score (nSPS) is 22.9. The molecule has 0 spiro atoms. The van der Waals surface area contributed by atoms with Crippen molar-refractivity contribution in [3.8, 4) is 0 Å². The van der Waals surface area contributed by atoms with Gasteiger partial charge in [-0.25, -0.2) is 0 Å². The maximum Gasteiger partial charge on any atom is 0.157 e. The third kappa shape index (κ3) is 1.82. The van der Waals surface area contributed by atoms with Crippen LogP contribution in [-0.4, -0.2) is 11.7 Å². The summed E-state index contributed by atoms with van der Waals surface area (Å²) in [4.78, 5) is 0. The molecule has 0 aromatic carbocycles. The molecule has 1 aliphatic heterocycles. The molecule has 0 bridgehead atoms. The van der Waals surface area contributed by atoms with E-state index >= 15 is 0 Å². The predicted octanol–water partition coefficient (Wildman–Crippen LogP) is 2.61. The van der Waals surface area contributed by atoms with Gasteiger partial charge in [0.2, 0.25) is 0 Å². The highest BCUT2D eigenvalue weighted by atomic mass is 16.5. The van der Waals surface area contributed by atoms with E-state index in [0.717, 1.165) is 12.3 Å². The number of nitrogens with one attached hydrogen (secondary N) is 1. The molecule has 0 radical (unpaired) electrons. The highest BCUT2D eigenvalue weighted by Gasteiger charge is 2.22. The fraction of sp³-hybridized carbons (Fsp3) is 0.727. The standard InChI is InChI=1S/C11H18N2O/c1-8(2)9-7-13-14-11(9)10-5-3-4-6-12-10/h7-8,10,12H,3-6H2,1-2H3. The quantitative estimate of drug-likeness (QED) is 0.786. The molecule has 3 nitrogen and oxygen atoms in total. The number of nitrogens with zero attached hydrogens (tertiary/aromatic N) is 1. The summed E-state index contributed by atoms with van der Waals surface area (Å²) < 4.78 is 5.35. The van der Waals surface area contributed by atoms with Crippen LogP contribution in [0.4, 0.5) is 0 Å². The van der Waals surface area contributed by atoms with Gasteiger partial charge in [-0.1, -0.05) is 25.4 Å². The first kappa shape index (κ1) is 9.71. The third-order valence-electron chi connectivity index (χ3n) is 2.88. The smallest absolute Gasteiger partial charge is 0.157 e. The van der Waals surface area contributed by atoms with E-state index in [0.29, 0.717) is 12.0 Å². The minimum atomic E-state index is 0.392. The molecule has 1 N–H and O–H groups in total. The van der Waals surface area contributed by atoms with Gasteiger partial charge >= 0.3 is 0 Å². The number of hydrogen-bond acceptors (Lipinski definition) is 3. The molecule has 14 heavy (non-hydrogen) atoms. The lowest BCUT2D eigenvalue weighted by atomic mass is 9.96. The van der Waals surface area contributed by atoms with E-state index in [2.05, 4.69) is 24.3 Å². The van der Waals surface area contributed by atoms with Crippen LogP contribution in [0, 0.1) is 0 Å². The van der Waals surface area contributed by atoms with Crippen LogP contribution >= 0.6 is 0 Å². The molecule has 1 atom stereocenters. The van der Waals surface area contributed by atoms with Gasteiger partial charge in [0.25, 0.3) is 0 Å². The van der Waals surface area contributed by atoms with Crippen LogP contribution in [0.1, 0.15) is 56.4 Å². The van der Waals surface area contributed by atoms with Crippen molar-refractivity contribution < 1.29 is 4.52 Å². The van der Waals surface area contributed by atoms with E-state index in [4.69, 9.17) is 4.52 Å². The molecule has 1 aromatic rings. The monoisotopic (exact) mass is 194 g/mol. The van der Waals surface area contributed by atoms with E-state index < -0.39 is 0 Å². The van der Waals surface area contributed by atoms with Gasteiger partial charge in [-0.15, -0.1) is 0 Å². The minimum absolute atomic E-state index is 0.392. The fourth-order valence-electron chi connectivity index (χ4n) is 2.03. The first-order chi connectivity index (χ1) is 6.79. The van der Waals surface area contributed by atoms with Crippen molar-refractivity contribution in [1.82, 2.24) is 10.5 Å². The predicted molar refractivity (Wildman–Crippen MR) is 55.2 cm³/mol. The van der Waals surface area contributed by atoms with Crippen molar-refractivity contribution in [3.05, 3.63) is 17.5 Å². The molecular formula is C11H18N2O. The summed E-state index contributed by atoms with van der Waals surface area (Å²) in [6.07, 6.45) is 5.60. The Hall–Kier alpha value is -0.830. The fourth-order valence-corrected chi connectivity index (χ4v) is 2.03. The maximum atomic E-state index is 5.35. The Morgan fingerprint density at radius 3 is 3.00 bits per heavy atom. The summed E-state index contributed by atoms with van der Waals surface area (Å²) in [5.41, 5.74) is 1.25. The van der Waals surface area contributed by atoms with Gasteiger partial charge in [0, 0.05) is 5.56 Å². The van der Waals surface area contributed by atoms with E-state index in [9.17, 15) is 0 Å². The number of piperidine rings is 1. The first-order valence-corrected chi connectivity index (χ1v) is 5.47. The van der Waals surface area contributed by atoms with Gasteiger partial charge in [0.1, 0.15) is 0 Å². The summed E-state index contributed by atoms with van der Waals surface area (Å²) in [6.45, 7) is 5.46. The van der Waals surface area contributed by atoms with Gasteiger partial charge in [-0.2, -0.15) is 0 Å². The van der Waals surface area contributed by atoms with Crippen molar-refractivity contribution in [3.63, 3.8) is 0 Å². The average molecular weight is 194 g/mol. The second-order valence-corrected chi connectivity index (χ2v) is 4.30. The van der Waals surface area contributed by atoms with E-state index in [1.165, 1.54) is 24.8 Å². The summed E-state index contributed by atoms with van der Waals surface area (Å²) in [6, 6.07) is 0.392. The lowest BCUT2D eigenvalue weighted by molar-refractivity contribution is 0.302. The largest absolute Gasteiger partial charge is 0.359 e. The molecule has 2 rings (SSSR count). The lowest BCUT2D eigenvalue weighted by Gasteiger charge is -2.22. The molecule has 0 saturated carbocycles. The molecule has 1 aromatic heterocycles. The molecule has 3 heteroatoms. The van der Waals surface area contributed by atoms with Gasteiger partial charge in [-0.3, -0.25) is 0 Å². The topological polar surface area (TPSA) is 38.1 Å². The maximum absolute atomic E-state index is 5.35. The van der Waals surface area contributed by atoms with E-state index in [1.54, 1.807) is 0 Å². The summed E-state index contributed by atoms with van der Waals surface area (Å²) in [7, 11) is 0. The number of rotatable bonds is 2. The van der Waals surface area contributed by atoms with Gasteiger partial charge in [0.05, 0.1) is 12.2 Å². The molecule has 1 fully saturated rings. The van der Waals surface area contributed by atoms with Crippen LogP contribution < -0.4 is 5.32 Å². The number of hydrogen-bond donors (Lipinski definition) is 1. The first-order valence-electron chi connectivity index (χ1n) is 5.47. The highest BCUT2D eigenvalue weighted by Crippen LogP contribution is 2.29. The van der Waals surface area contributed by atoms with Crippen molar-refractivity contribution >= 4 is 0 Å². The Balaban J connectivity index is 2.17. The van der Waals surface area contributed by atoms with Crippen molar-refractivity contribution in [1.29, 1.82) is 0 Å². The van der Waals surface area contributed by atoms with Gasteiger partial charge < -0.3 is 9.84 Å². The third-order valence-corrected chi connectivity index (χ3v) is 2.88. The van der Waals surface area contributed by atoms with Crippen LogP contribution in [0.3, 0.4) is 0 Å². The molecule has 0 aliphatic carbocycles. The summed E-state index contributed by atoms with van der Waals surface area (Å²) >= 11 is 0. The Bertz CT molecular complexity index is 287. The SMILES string of the molecule is CC(C)c1cnoc1C1CCCCN1. The van der Waals surface area contributed by atoms with Gasteiger partial charge in [0.15, 0.2) is 5.76 Å². The van der Waals surface area contributed by atoms with E-state index in [-0.39, 0.29) is 0 Å². The second kappa shape index (κ2) is 4.13. The zero-order valence-electron chi connectivity index (χ0n) is 8.92. The Morgan fingerprint density at radius 2 is 2.36 bits per heavy atom. The van der Waals surface area contributed by atoms with Crippen LogP contribution in [0.2, 0.25) is 0 Å². The van der Waals surface area contributed by atoms with Crippen LogP contribution in [0.15, 0.2) is 10.7 Å². The van der Waals surface area contributed by atoms with Gasteiger partial charge in [-0.05, 0) is 25.3 Å². The molecule has 0 amide bonds. The molecule has 1 saturated heterocycles. The minimum Gasteiger partial charge on any atom is -0.359 e. The Labute approximate surface area is 84.9 Å². The van der Waals surface area contributed by atoms with Crippen molar-refractivity contribution in [2.45, 2.75) is 45.1 Å². The average Bonchev–Trinajstić information content (AvgIpc) is 2.67. The summed E-state index contributed by atoms with van der Waals surface area (Å²) in [5, 5.41) is 7.39. The summed E-state index contributed by atoms with van der Waals surface area (Å²) in [5.74, 6) is 1.56. The zero-order valence-corrected chi connectivity index (χ0v) is 8.92. The molecule has 1 unspecified atom stereocenters. The van der Waals surface area contributed by atoms with Crippen LogP contribution in [0.25, 0.3) is 0 Å². The second-order valence-electron chi connectivity index (χ2n) is 4.30. The van der Waals surface area contributed by atoms with Crippen LogP contribution in [-0.2, 0) is 0 Å². The van der Waals surface area contributed by atoms with Crippen molar-refractivity contribution in [2.75, 3.05) is 6.54 Å². The highest BCUT2D eigenvalue weighted by molar-refractivity contribution is 5.21. The lowest BCUT2D eigenvalue weighted by Crippen LogP contribution is -2.27. The Kier molecular flexibility index (Phi) is 2.87. The Morgan fingerprint density at radius 1 is 1.50 bits per heavy atom. The molecular weight excluding hydrogens is 176 g/mol. The van der Waals surface area contributed by atoms with E-state index in [1.807, 2.05) is 6.20 Å². The van der Waals surface area contributed by atoms with Crippen LogP contribution in [0.5, 0.6) is 0 Å². The zero-order chi connectivity index (χ0) is 9.97. The molecule has 1 aliphatic rings.